The van der Waals surface area contributed by atoms with E-state index in [1.165, 1.54) is 12.0 Å². The monoisotopic (exact) mass is 458 g/mol. The molecule has 1 N–H and O–H groups in total. The van der Waals surface area contributed by atoms with Crippen molar-refractivity contribution in [3.63, 3.8) is 0 Å². The number of nitrogens with zero attached hydrogens (tertiary/aromatic N) is 1. The van der Waals surface area contributed by atoms with Gasteiger partial charge in [-0.25, -0.2) is 0 Å². The van der Waals surface area contributed by atoms with Crippen molar-refractivity contribution in [2.24, 2.45) is 0 Å². The van der Waals surface area contributed by atoms with Crippen LogP contribution in [0, 0.1) is 6.92 Å². The zero-order valence-electron chi connectivity index (χ0n) is 19.5. The second kappa shape index (κ2) is 9.70. The van der Waals surface area contributed by atoms with E-state index in [1.54, 1.807) is 56.7 Å². The number of benzene rings is 3. The number of nitrogens with one attached hydrogen (secondary N) is 1. The molecular weight excluding hydrogens is 432 g/mol. The third kappa shape index (κ3) is 4.45. The lowest BCUT2D eigenvalue weighted by molar-refractivity contribution is -0.137. The largest absolute Gasteiger partial charge is 0.497 e. The van der Waals surface area contributed by atoms with Crippen molar-refractivity contribution >= 4 is 23.1 Å². The van der Waals surface area contributed by atoms with Crippen molar-refractivity contribution in [3.05, 3.63) is 89.1 Å². The van der Waals surface area contributed by atoms with E-state index >= 15 is 0 Å². The van der Waals surface area contributed by atoms with Crippen molar-refractivity contribution in [1.82, 2.24) is 4.90 Å². The van der Waals surface area contributed by atoms with Crippen LogP contribution < -0.4 is 19.5 Å². The van der Waals surface area contributed by atoms with Crippen molar-refractivity contribution in [2.45, 2.75) is 13.5 Å². The number of ether oxygens (including phenoxy) is 3. The molecule has 7 heteroatoms. The molecule has 0 saturated heterocycles. The van der Waals surface area contributed by atoms with Crippen LogP contribution in [0.1, 0.15) is 16.7 Å². The van der Waals surface area contributed by atoms with Crippen molar-refractivity contribution < 1.29 is 23.8 Å². The van der Waals surface area contributed by atoms with Gasteiger partial charge in [0, 0.05) is 11.8 Å². The van der Waals surface area contributed by atoms with E-state index in [2.05, 4.69) is 5.32 Å². The van der Waals surface area contributed by atoms with E-state index < -0.39 is 5.91 Å². The van der Waals surface area contributed by atoms with Crippen molar-refractivity contribution in [1.29, 1.82) is 0 Å². The van der Waals surface area contributed by atoms with Crippen LogP contribution in [0.25, 0.3) is 5.57 Å². The predicted molar refractivity (Wildman–Crippen MR) is 130 cm³/mol. The predicted octanol–water partition coefficient (Wildman–Crippen LogP) is 4.41. The van der Waals surface area contributed by atoms with E-state index in [1.807, 2.05) is 31.2 Å². The Bertz CT molecular complexity index is 1250. The van der Waals surface area contributed by atoms with E-state index in [0.29, 0.717) is 34.1 Å². The Labute approximate surface area is 198 Å². The topological polar surface area (TPSA) is 77.1 Å². The minimum absolute atomic E-state index is 0.175. The van der Waals surface area contributed by atoms with Gasteiger partial charge in [-0.15, -0.1) is 0 Å². The molecule has 34 heavy (non-hydrogen) atoms. The molecule has 1 heterocycles. The third-order valence-corrected chi connectivity index (χ3v) is 5.66. The summed E-state index contributed by atoms with van der Waals surface area (Å²) in [5.74, 6) is 0.969. The second-order valence-electron chi connectivity index (χ2n) is 7.86. The molecule has 0 radical (unpaired) electrons. The van der Waals surface area contributed by atoms with Crippen LogP contribution in [-0.2, 0) is 16.1 Å². The van der Waals surface area contributed by atoms with Crippen LogP contribution in [0.3, 0.4) is 0 Å². The van der Waals surface area contributed by atoms with Crippen LogP contribution in [0.4, 0.5) is 5.69 Å². The first-order valence-corrected chi connectivity index (χ1v) is 10.7. The molecule has 0 atom stereocenters. The number of rotatable bonds is 8. The molecule has 1 aliphatic heterocycles. The van der Waals surface area contributed by atoms with Gasteiger partial charge in [-0.2, -0.15) is 0 Å². The van der Waals surface area contributed by atoms with E-state index in [9.17, 15) is 9.59 Å². The lowest BCUT2D eigenvalue weighted by Crippen LogP contribution is -2.32. The van der Waals surface area contributed by atoms with Gasteiger partial charge in [-0.05, 0) is 42.3 Å². The summed E-state index contributed by atoms with van der Waals surface area (Å²) in [5, 5.41) is 3.15. The highest BCUT2D eigenvalue weighted by Crippen LogP contribution is 2.35. The lowest BCUT2D eigenvalue weighted by atomic mass is 10.0. The summed E-state index contributed by atoms with van der Waals surface area (Å²) in [6, 6.07) is 20.0. The molecule has 3 aromatic carbocycles. The molecular formula is C27H26N2O5. The summed E-state index contributed by atoms with van der Waals surface area (Å²) in [7, 11) is 4.67. The van der Waals surface area contributed by atoms with Gasteiger partial charge in [0.2, 0.25) is 0 Å². The average molecular weight is 459 g/mol. The smallest absolute Gasteiger partial charge is 0.278 e. The molecule has 2 amide bonds. The fourth-order valence-corrected chi connectivity index (χ4v) is 3.80. The van der Waals surface area contributed by atoms with Crippen LogP contribution in [0.15, 0.2) is 72.4 Å². The third-order valence-electron chi connectivity index (χ3n) is 5.66. The van der Waals surface area contributed by atoms with Crippen molar-refractivity contribution in [3.8, 4) is 17.2 Å². The van der Waals surface area contributed by atoms with E-state index in [4.69, 9.17) is 14.2 Å². The van der Waals surface area contributed by atoms with Gasteiger partial charge < -0.3 is 19.5 Å². The van der Waals surface area contributed by atoms with Crippen LogP contribution in [-0.4, -0.2) is 38.0 Å². The molecule has 3 aromatic rings. The Balaban J connectivity index is 1.73. The summed E-state index contributed by atoms with van der Waals surface area (Å²) in [5.41, 5.74) is 3.69. The molecule has 0 aromatic heterocycles. The van der Waals surface area contributed by atoms with Gasteiger partial charge in [-0.1, -0.05) is 42.0 Å². The molecule has 174 valence electrons. The minimum atomic E-state index is -0.397. The number of hydrogen-bond acceptors (Lipinski definition) is 6. The number of anilines is 1. The summed E-state index contributed by atoms with van der Waals surface area (Å²) < 4.78 is 15.9. The number of carbonyl (C=O) groups excluding carboxylic acids is 2. The molecule has 0 saturated carbocycles. The first-order valence-electron chi connectivity index (χ1n) is 10.7. The van der Waals surface area contributed by atoms with Gasteiger partial charge in [0.15, 0.2) is 11.5 Å². The molecule has 4 rings (SSSR count). The van der Waals surface area contributed by atoms with Gasteiger partial charge in [-0.3, -0.25) is 14.5 Å². The van der Waals surface area contributed by atoms with Crippen LogP contribution in [0.5, 0.6) is 17.2 Å². The van der Waals surface area contributed by atoms with Gasteiger partial charge in [0.25, 0.3) is 11.8 Å². The molecule has 7 nitrogen and oxygen atoms in total. The SMILES string of the molecule is COc1ccc(C2=C(Nc3ccc(OC)c(OC)c3)C(=O)N(Cc3ccc(C)cc3)C2=O)cc1. The van der Waals surface area contributed by atoms with E-state index in [-0.39, 0.29) is 18.1 Å². The van der Waals surface area contributed by atoms with Crippen LogP contribution in [0.2, 0.25) is 0 Å². The average Bonchev–Trinajstić information content (AvgIpc) is 3.09. The zero-order chi connectivity index (χ0) is 24.2. The highest BCUT2D eigenvalue weighted by molar-refractivity contribution is 6.36. The van der Waals surface area contributed by atoms with Gasteiger partial charge in [0.1, 0.15) is 11.4 Å². The normalized spacial score (nSPS) is 13.4. The Morgan fingerprint density at radius 3 is 2.06 bits per heavy atom. The Kier molecular flexibility index (Phi) is 6.54. The fraction of sp³-hybridized carbons (Fsp3) is 0.185. The molecule has 0 bridgehead atoms. The maximum absolute atomic E-state index is 13.5. The van der Waals surface area contributed by atoms with Gasteiger partial charge in [0.05, 0.1) is 33.4 Å². The standard InChI is InChI=1S/C27H26N2O5/c1-17-5-7-18(8-6-17)16-29-26(30)24(19-9-12-21(32-2)13-10-19)25(27(29)31)28-20-11-14-22(33-3)23(15-20)34-4/h5-15,28H,16H2,1-4H3. The number of amides is 2. The van der Waals surface area contributed by atoms with Crippen LogP contribution >= 0.6 is 0 Å². The number of carbonyl (C=O) groups is 2. The maximum Gasteiger partial charge on any atom is 0.278 e. The zero-order valence-corrected chi connectivity index (χ0v) is 19.5. The fourth-order valence-electron chi connectivity index (χ4n) is 3.80. The van der Waals surface area contributed by atoms with Gasteiger partial charge >= 0.3 is 0 Å². The molecule has 0 spiro atoms. The summed E-state index contributed by atoms with van der Waals surface area (Å²) in [6.07, 6.45) is 0. The minimum Gasteiger partial charge on any atom is -0.497 e. The number of hydrogen-bond donors (Lipinski definition) is 1. The van der Waals surface area contributed by atoms with Crippen molar-refractivity contribution in [2.75, 3.05) is 26.6 Å². The second-order valence-corrected chi connectivity index (χ2v) is 7.86. The molecule has 0 unspecified atom stereocenters. The first-order chi connectivity index (χ1) is 16.4. The molecule has 0 aliphatic carbocycles. The Morgan fingerprint density at radius 1 is 0.765 bits per heavy atom. The summed E-state index contributed by atoms with van der Waals surface area (Å²) >= 11 is 0. The van der Waals surface area contributed by atoms with E-state index in [0.717, 1.165) is 11.1 Å². The highest BCUT2D eigenvalue weighted by Gasteiger charge is 2.39. The molecule has 0 fully saturated rings. The first kappa shape index (κ1) is 22.9. The highest BCUT2D eigenvalue weighted by atomic mass is 16.5. The number of aryl methyl sites for hydroxylation is 1. The number of imide groups is 1. The lowest BCUT2D eigenvalue weighted by Gasteiger charge is -2.16. The summed E-state index contributed by atoms with van der Waals surface area (Å²) in [4.78, 5) is 28.2. The molecule has 1 aliphatic rings. The Hall–Kier alpha value is -4.26. The summed E-state index contributed by atoms with van der Waals surface area (Å²) in [6.45, 7) is 2.17. The number of methoxy groups -OCH3 is 3. The maximum atomic E-state index is 13.5. The Morgan fingerprint density at radius 2 is 1.44 bits per heavy atom. The quantitative estimate of drug-likeness (QED) is 0.504.